The Bertz CT molecular complexity index is 1400. The third-order valence-electron chi connectivity index (χ3n) is 5.96. The molecule has 1 aliphatic heterocycles. The number of benzene rings is 3. The summed E-state index contributed by atoms with van der Waals surface area (Å²) in [6, 6.07) is 23.0. The fourth-order valence-electron chi connectivity index (χ4n) is 4.07. The van der Waals surface area contributed by atoms with E-state index in [4.69, 9.17) is 9.72 Å². The number of carbonyl (C=O) groups is 1. The first-order valence-corrected chi connectivity index (χ1v) is 13.2. The maximum Gasteiger partial charge on any atom is 0.262 e. The van der Waals surface area contributed by atoms with Crippen molar-refractivity contribution in [2.75, 3.05) is 37.0 Å². The zero-order valence-corrected chi connectivity index (χ0v) is 21.4. The highest BCUT2D eigenvalue weighted by Crippen LogP contribution is 2.24. The first-order valence-electron chi connectivity index (χ1n) is 11.4. The minimum atomic E-state index is -0.104. The van der Waals surface area contributed by atoms with Crippen LogP contribution >= 0.6 is 27.7 Å². The molecule has 0 atom stereocenters. The van der Waals surface area contributed by atoms with E-state index in [2.05, 4.69) is 20.8 Å². The number of ketones is 1. The van der Waals surface area contributed by atoms with Gasteiger partial charge in [-0.25, -0.2) is 4.98 Å². The molecule has 1 fully saturated rings. The van der Waals surface area contributed by atoms with Gasteiger partial charge in [0.25, 0.3) is 5.56 Å². The van der Waals surface area contributed by atoms with Crippen LogP contribution in [0.5, 0.6) is 0 Å². The van der Waals surface area contributed by atoms with Crippen LogP contribution in [-0.2, 0) is 11.3 Å². The van der Waals surface area contributed by atoms with E-state index in [1.807, 2.05) is 60.7 Å². The first kappa shape index (κ1) is 23.8. The average molecular weight is 550 g/mol. The molecule has 0 radical (unpaired) electrons. The van der Waals surface area contributed by atoms with Crippen molar-refractivity contribution in [2.24, 2.45) is 0 Å². The number of nitrogens with zero attached hydrogens (tertiary/aromatic N) is 3. The molecule has 1 saturated heterocycles. The number of morpholine rings is 1. The number of hydrogen-bond acceptors (Lipinski definition) is 6. The maximum absolute atomic E-state index is 13.7. The molecule has 5 rings (SSSR count). The van der Waals surface area contributed by atoms with Gasteiger partial charge in [0.2, 0.25) is 0 Å². The van der Waals surface area contributed by atoms with Gasteiger partial charge in [0.1, 0.15) is 0 Å². The van der Waals surface area contributed by atoms with Crippen LogP contribution < -0.4 is 10.5 Å². The van der Waals surface area contributed by atoms with Crippen molar-refractivity contribution in [3.05, 3.63) is 98.7 Å². The number of ether oxygens (including phenoxy) is 1. The predicted octanol–water partition coefficient (Wildman–Crippen LogP) is 5.02. The average Bonchev–Trinajstić information content (AvgIpc) is 2.90. The fraction of sp³-hybridized carbons (Fsp3) is 0.222. The molecule has 0 N–H and O–H groups in total. The normalized spacial score (nSPS) is 13.8. The van der Waals surface area contributed by atoms with Crippen molar-refractivity contribution in [1.29, 1.82) is 0 Å². The Morgan fingerprint density at radius 1 is 1.00 bits per heavy atom. The zero-order valence-electron chi connectivity index (χ0n) is 19.0. The first-order chi connectivity index (χ1) is 17.1. The number of aromatic nitrogens is 2. The highest BCUT2D eigenvalue weighted by Gasteiger charge is 2.17. The molecular weight excluding hydrogens is 526 g/mol. The number of thioether (sulfide) groups is 1. The number of hydrogen-bond donors (Lipinski definition) is 0. The molecule has 0 aliphatic carbocycles. The van der Waals surface area contributed by atoms with Gasteiger partial charge in [-0.1, -0.05) is 70.2 Å². The molecule has 1 aromatic heterocycles. The highest BCUT2D eigenvalue weighted by atomic mass is 79.9. The second-order valence-corrected chi connectivity index (χ2v) is 10.1. The quantitative estimate of drug-likeness (QED) is 0.183. The number of carbonyl (C=O) groups excluding carboxylic acids is 1. The lowest BCUT2D eigenvalue weighted by Crippen LogP contribution is -2.36. The van der Waals surface area contributed by atoms with Crippen LogP contribution in [0, 0.1) is 0 Å². The molecule has 4 aromatic rings. The fourth-order valence-corrected chi connectivity index (χ4v) is 5.23. The van der Waals surface area contributed by atoms with Crippen molar-refractivity contribution in [1.82, 2.24) is 9.55 Å². The van der Waals surface area contributed by atoms with Gasteiger partial charge in [-0.05, 0) is 35.9 Å². The lowest BCUT2D eigenvalue weighted by atomic mass is 10.2. The Morgan fingerprint density at radius 3 is 2.49 bits per heavy atom. The van der Waals surface area contributed by atoms with E-state index < -0.39 is 0 Å². The van der Waals surface area contributed by atoms with Crippen molar-refractivity contribution in [3.63, 3.8) is 0 Å². The van der Waals surface area contributed by atoms with E-state index >= 15 is 0 Å². The number of fused-ring (bicyclic) bond motifs is 1. The molecule has 8 heteroatoms. The molecule has 35 heavy (non-hydrogen) atoms. The standard InChI is InChI=1S/C27H24BrN3O3S/c28-21-8-6-20(7-9-21)25(32)18-35-27-29-24-11-10-22(30-12-14-34-15-13-30)16-23(24)26(33)31(27)17-19-4-2-1-3-5-19/h1-11,16H,12-15,17-18H2. The van der Waals surface area contributed by atoms with Crippen LogP contribution in [0.1, 0.15) is 15.9 Å². The van der Waals surface area contributed by atoms with Gasteiger partial charge in [0.15, 0.2) is 10.9 Å². The Balaban J connectivity index is 1.50. The molecule has 178 valence electrons. The molecule has 0 saturated carbocycles. The van der Waals surface area contributed by atoms with Gasteiger partial charge < -0.3 is 9.64 Å². The molecule has 2 heterocycles. The molecule has 1 aliphatic rings. The number of halogens is 1. The topological polar surface area (TPSA) is 64.4 Å². The summed E-state index contributed by atoms with van der Waals surface area (Å²) in [4.78, 5) is 33.6. The smallest absolute Gasteiger partial charge is 0.262 e. The summed E-state index contributed by atoms with van der Waals surface area (Å²) in [5, 5.41) is 1.12. The van der Waals surface area contributed by atoms with Crippen LogP contribution in [0.3, 0.4) is 0 Å². The van der Waals surface area contributed by atoms with Crippen LogP contribution in [-0.4, -0.2) is 47.4 Å². The molecule has 0 spiro atoms. The second kappa shape index (κ2) is 10.8. The van der Waals surface area contributed by atoms with Crippen LogP contribution in [0.2, 0.25) is 0 Å². The summed E-state index contributed by atoms with van der Waals surface area (Å²) in [6.07, 6.45) is 0. The van der Waals surface area contributed by atoms with Crippen LogP contribution in [0.15, 0.2) is 87.2 Å². The van der Waals surface area contributed by atoms with Gasteiger partial charge in [-0.3, -0.25) is 14.2 Å². The van der Waals surface area contributed by atoms with Crippen molar-refractivity contribution in [2.45, 2.75) is 11.7 Å². The van der Waals surface area contributed by atoms with Gasteiger partial charge in [-0.15, -0.1) is 0 Å². The monoisotopic (exact) mass is 549 g/mol. The molecule has 6 nitrogen and oxygen atoms in total. The lowest BCUT2D eigenvalue weighted by Gasteiger charge is -2.29. The summed E-state index contributed by atoms with van der Waals surface area (Å²) in [6.45, 7) is 3.33. The third kappa shape index (κ3) is 5.50. The van der Waals surface area contributed by atoms with Crippen molar-refractivity contribution in [3.8, 4) is 0 Å². The minimum absolute atomic E-state index is 0.00854. The van der Waals surface area contributed by atoms with E-state index in [1.54, 1.807) is 16.7 Å². The predicted molar refractivity (Wildman–Crippen MR) is 144 cm³/mol. The van der Waals surface area contributed by atoms with Gasteiger partial charge in [0.05, 0.1) is 36.4 Å². The second-order valence-electron chi connectivity index (χ2n) is 8.29. The Labute approximate surface area is 216 Å². The minimum Gasteiger partial charge on any atom is -0.378 e. The molecule has 0 amide bonds. The molecular formula is C27H24BrN3O3S. The lowest BCUT2D eigenvalue weighted by molar-refractivity contribution is 0.102. The van der Waals surface area contributed by atoms with Crippen LogP contribution in [0.25, 0.3) is 10.9 Å². The Morgan fingerprint density at radius 2 is 1.74 bits per heavy atom. The number of rotatable bonds is 7. The summed E-state index contributed by atoms with van der Waals surface area (Å²) in [5.74, 6) is 0.186. The zero-order chi connectivity index (χ0) is 24.2. The highest BCUT2D eigenvalue weighted by molar-refractivity contribution is 9.10. The number of Topliss-reactive ketones (excluding diaryl/α,β-unsaturated/α-hetero) is 1. The van der Waals surface area contributed by atoms with E-state index in [-0.39, 0.29) is 17.1 Å². The van der Waals surface area contributed by atoms with Gasteiger partial charge in [0, 0.05) is 28.8 Å². The van der Waals surface area contributed by atoms with Crippen molar-refractivity contribution < 1.29 is 9.53 Å². The summed E-state index contributed by atoms with van der Waals surface area (Å²) < 4.78 is 8.07. The third-order valence-corrected chi connectivity index (χ3v) is 7.47. The Kier molecular flexibility index (Phi) is 7.32. The van der Waals surface area contributed by atoms with E-state index in [0.29, 0.717) is 41.4 Å². The SMILES string of the molecule is O=C(CSc1nc2ccc(N3CCOCC3)cc2c(=O)n1Cc1ccccc1)c1ccc(Br)cc1. The van der Waals surface area contributed by atoms with E-state index in [9.17, 15) is 9.59 Å². The van der Waals surface area contributed by atoms with Crippen molar-refractivity contribution >= 4 is 50.1 Å². The van der Waals surface area contributed by atoms with Gasteiger partial charge >= 0.3 is 0 Å². The molecule has 0 bridgehead atoms. The van der Waals surface area contributed by atoms with E-state index in [1.165, 1.54) is 11.8 Å². The summed E-state index contributed by atoms with van der Waals surface area (Å²) in [5.41, 5.74) is 3.16. The Hall–Kier alpha value is -2.94. The van der Waals surface area contributed by atoms with E-state index in [0.717, 1.165) is 28.8 Å². The largest absolute Gasteiger partial charge is 0.378 e. The molecule has 0 unspecified atom stereocenters. The molecule has 3 aromatic carbocycles. The van der Waals surface area contributed by atoms with Crippen LogP contribution in [0.4, 0.5) is 5.69 Å². The summed E-state index contributed by atoms with van der Waals surface area (Å²) in [7, 11) is 0. The maximum atomic E-state index is 13.7. The number of anilines is 1. The summed E-state index contributed by atoms with van der Waals surface area (Å²) >= 11 is 4.70. The van der Waals surface area contributed by atoms with Gasteiger partial charge in [-0.2, -0.15) is 0 Å².